The number of rotatable bonds is 3. The SMILES string of the molecule is CCCC1(c2ccccc2)Oc2ccccc2O1. The van der Waals surface area contributed by atoms with E-state index in [1.54, 1.807) is 0 Å². The van der Waals surface area contributed by atoms with Crippen molar-refractivity contribution in [3.05, 3.63) is 60.2 Å². The van der Waals surface area contributed by atoms with E-state index in [0.29, 0.717) is 0 Å². The molecule has 2 aromatic carbocycles. The lowest BCUT2D eigenvalue weighted by molar-refractivity contribution is -0.0934. The van der Waals surface area contributed by atoms with E-state index in [0.717, 1.165) is 29.9 Å². The molecule has 2 nitrogen and oxygen atoms in total. The van der Waals surface area contributed by atoms with E-state index in [4.69, 9.17) is 9.47 Å². The maximum atomic E-state index is 6.10. The summed E-state index contributed by atoms with van der Waals surface area (Å²) in [5.74, 6) is 1.00. The maximum absolute atomic E-state index is 6.10. The van der Waals surface area contributed by atoms with E-state index in [2.05, 4.69) is 19.1 Å². The standard InChI is InChI=1S/C16H16O2/c1-2-12-16(13-8-4-3-5-9-13)17-14-10-6-7-11-15(14)18-16/h3-11H,2,12H2,1H3. The minimum Gasteiger partial charge on any atom is -0.444 e. The van der Waals surface area contributed by atoms with Crippen molar-refractivity contribution in [1.82, 2.24) is 0 Å². The molecule has 0 atom stereocenters. The average Bonchev–Trinajstić information content (AvgIpc) is 2.79. The van der Waals surface area contributed by atoms with Gasteiger partial charge in [-0.05, 0) is 18.6 Å². The number of hydrogen-bond acceptors (Lipinski definition) is 2. The molecule has 0 aromatic heterocycles. The molecule has 0 radical (unpaired) electrons. The Balaban J connectivity index is 2.02. The van der Waals surface area contributed by atoms with Crippen molar-refractivity contribution in [3.63, 3.8) is 0 Å². The van der Waals surface area contributed by atoms with Gasteiger partial charge in [-0.25, -0.2) is 0 Å². The van der Waals surface area contributed by atoms with Crippen LogP contribution in [0.4, 0.5) is 0 Å². The zero-order valence-electron chi connectivity index (χ0n) is 10.4. The first-order chi connectivity index (χ1) is 8.84. The number of ether oxygens (including phenoxy) is 2. The molecule has 1 aliphatic heterocycles. The predicted molar refractivity (Wildman–Crippen MR) is 70.7 cm³/mol. The van der Waals surface area contributed by atoms with Crippen LogP contribution >= 0.6 is 0 Å². The Labute approximate surface area is 107 Å². The minimum atomic E-state index is -0.653. The highest BCUT2D eigenvalue weighted by molar-refractivity contribution is 5.44. The molecule has 92 valence electrons. The second kappa shape index (κ2) is 4.37. The molecule has 0 amide bonds. The Morgan fingerprint density at radius 3 is 1.94 bits per heavy atom. The molecule has 2 aromatic rings. The van der Waals surface area contributed by atoms with E-state index < -0.39 is 5.79 Å². The Morgan fingerprint density at radius 2 is 1.39 bits per heavy atom. The average molecular weight is 240 g/mol. The van der Waals surface area contributed by atoms with Crippen molar-refractivity contribution < 1.29 is 9.47 Å². The summed E-state index contributed by atoms with van der Waals surface area (Å²) in [7, 11) is 0. The van der Waals surface area contributed by atoms with Gasteiger partial charge in [0.25, 0.3) is 5.79 Å². The third-order valence-electron chi connectivity index (χ3n) is 3.19. The topological polar surface area (TPSA) is 18.5 Å². The summed E-state index contributed by atoms with van der Waals surface area (Å²) in [4.78, 5) is 0. The van der Waals surface area contributed by atoms with Crippen LogP contribution < -0.4 is 9.47 Å². The van der Waals surface area contributed by atoms with Crippen molar-refractivity contribution in [3.8, 4) is 11.5 Å². The van der Waals surface area contributed by atoms with Gasteiger partial charge < -0.3 is 9.47 Å². The fourth-order valence-electron chi connectivity index (χ4n) is 2.38. The lowest BCUT2D eigenvalue weighted by Crippen LogP contribution is -2.35. The Bertz CT molecular complexity index is 509. The first-order valence-electron chi connectivity index (χ1n) is 6.37. The number of benzene rings is 2. The molecule has 0 bridgehead atoms. The van der Waals surface area contributed by atoms with Crippen molar-refractivity contribution in [1.29, 1.82) is 0 Å². The van der Waals surface area contributed by atoms with Crippen LogP contribution in [0.2, 0.25) is 0 Å². The molecular weight excluding hydrogens is 224 g/mol. The van der Waals surface area contributed by atoms with Gasteiger partial charge in [0.2, 0.25) is 0 Å². The van der Waals surface area contributed by atoms with Crippen LogP contribution in [0.1, 0.15) is 25.3 Å². The molecule has 0 saturated carbocycles. The summed E-state index contributed by atoms with van der Waals surface area (Å²) in [6.45, 7) is 2.14. The molecule has 1 aliphatic rings. The predicted octanol–water partition coefficient (Wildman–Crippen LogP) is 4.11. The van der Waals surface area contributed by atoms with Gasteiger partial charge in [0.15, 0.2) is 11.5 Å². The van der Waals surface area contributed by atoms with Crippen LogP contribution in [0.15, 0.2) is 54.6 Å². The highest BCUT2D eigenvalue weighted by atomic mass is 16.7. The monoisotopic (exact) mass is 240 g/mol. The van der Waals surface area contributed by atoms with Gasteiger partial charge in [-0.1, -0.05) is 49.4 Å². The molecule has 0 fully saturated rings. The fourth-order valence-corrected chi connectivity index (χ4v) is 2.38. The largest absolute Gasteiger partial charge is 0.444 e. The smallest absolute Gasteiger partial charge is 0.278 e. The molecule has 18 heavy (non-hydrogen) atoms. The summed E-state index contributed by atoms with van der Waals surface area (Å²) in [6.07, 6.45) is 1.84. The molecular formula is C16H16O2. The van der Waals surface area contributed by atoms with Crippen LogP contribution in [0, 0.1) is 0 Å². The first kappa shape index (κ1) is 11.1. The van der Waals surface area contributed by atoms with E-state index in [1.165, 1.54) is 0 Å². The van der Waals surface area contributed by atoms with Crippen molar-refractivity contribution in [2.24, 2.45) is 0 Å². The summed E-state index contributed by atoms with van der Waals surface area (Å²) in [5.41, 5.74) is 1.07. The summed E-state index contributed by atoms with van der Waals surface area (Å²) in [5, 5.41) is 0. The molecule has 0 aliphatic carbocycles. The number of para-hydroxylation sites is 2. The third-order valence-corrected chi connectivity index (χ3v) is 3.19. The van der Waals surface area contributed by atoms with Crippen LogP contribution in [0.25, 0.3) is 0 Å². The second-order valence-corrected chi connectivity index (χ2v) is 4.52. The molecule has 0 unspecified atom stereocenters. The fraction of sp³-hybridized carbons (Fsp3) is 0.250. The van der Waals surface area contributed by atoms with Crippen LogP contribution in [-0.4, -0.2) is 0 Å². The van der Waals surface area contributed by atoms with Gasteiger partial charge in [-0.3, -0.25) is 0 Å². The van der Waals surface area contributed by atoms with Crippen LogP contribution in [-0.2, 0) is 5.79 Å². The highest BCUT2D eigenvalue weighted by Gasteiger charge is 2.42. The maximum Gasteiger partial charge on any atom is 0.278 e. The van der Waals surface area contributed by atoms with Crippen LogP contribution in [0.3, 0.4) is 0 Å². The molecule has 0 saturated heterocycles. The lowest BCUT2D eigenvalue weighted by Gasteiger charge is -2.27. The first-order valence-corrected chi connectivity index (χ1v) is 6.37. The van der Waals surface area contributed by atoms with E-state index >= 15 is 0 Å². The molecule has 1 heterocycles. The van der Waals surface area contributed by atoms with Crippen molar-refractivity contribution in [2.75, 3.05) is 0 Å². The zero-order valence-corrected chi connectivity index (χ0v) is 10.4. The molecule has 3 rings (SSSR count). The normalized spacial score (nSPS) is 15.6. The third kappa shape index (κ3) is 1.74. The van der Waals surface area contributed by atoms with Crippen molar-refractivity contribution in [2.45, 2.75) is 25.6 Å². The summed E-state index contributed by atoms with van der Waals surface area (Å²) in [6, 6.07) is 18.0. The van der Waals surface area contributed by atoms with Gasteiger partial charge in [0.1, 0.15) is 0 Å². The minimum absolute atomic E-state index is 0.653. The Kier molecular flexibility index (Phi) is 2.71. The van der Waals surface area contributed by atoms with E-state index in [9.17, 15) is 0 Å². The molecule has 0 N–H and O–H groups in total. The number of fused-ring (bicyclic) bond motifs is 1. The molecule has 2 heteroatoms. The quantitative estimate of drug-likeness (QED) is 0.803. The Hall–Kier alpha value is -1.96. The van der Waals surface area contributed by atoms with Crippen molar-refractivity contribution >= 4 is 0 Å². The van der Waals surface area contributed by atoms with Crippen LogP contribution in [0.5, 0.6) is 11.5 Å². The lowest BCUT2D eigenvalue weighted by atomic mass is 10.0. The zero-order chi connectivity index (χ0) is 12.4. The Morgan fingerprint density at radius 1 is 0.833 bits per heavy atom. The van der Waals surface area contributed by atoms with E-state index in [1.807, 2.05) is 42.5 Å². The van der Waals surface area contributed by atoms with Gasteiger partial charge in [-0.2, -0.15) is 0 Å². The summed E-state index contributed by atoms with van der Waals surface area (Å²) < 4.78 is 12.2. The van der Waals surface area contributed by atoms with Gasteiger partial charge in [0.05, 0.1) is 0 Å². The highest BCUT2D eigenvalue weighted by Crippen LogP contribution is 2.45. The van der Waals surface area contributed by atoms with E-state index in [-0.39, 0.29) is 0 Å². The second-order valence-electron chi connectivity index (χ2n) is 4.52. The van der Waals surface area contributed by atoms with Gasteiger partial charge in [-0.15, -0.1) is 0 Å². The van der Waals surface area contributed by atoms with Gasteiger partial charge in [0, 0.05) is 12.0 Å². The summed E-state index contributed by atoms with van der Waals surface area (Å²) >= 11 is 0. The van der Waals surface area contributed by atoms with Gasteiger partial charge >= 0.3 is 0 Å². The molecule has 0 spiro atoms. The number of hydrogen-bond donors (Lipinski definition) is 0.